The van der Waals surface area contributed by atoms with E-state index >= 15 is 0 Å². The second-order valence-corrected chi connectivity index (χ2v) is 7.78. The molecule has 1 aliphatic heterocycles. The molecule has 2 amide bonds. The zero-order chi connectivity index (χ0) is 20.2. The molecule has 2 aliphatic rings. The van der Waals surface area contributed by atoms with Gasteiger partial charge in [0.15, 0.2) is 16.7 Å². The summed E-state index contributed by atoms with van der Waals surface area (Å²) in [4.78, 5) is 42.7. The highest BCUT2D eigenvalue weighted by molar-refractivity contribution is 7.99. The van der Waals surface area contributed by atoms with Crippen molar-refractivity contribution >= 4 is 23.6 Å². The number of amides is 2. The molecule has 1 aliphatic carbocycles. The van der Waals surface area contributed by atoms with E-state index in [9.17, 15) is 14.4 Å². The van der Waals surface area contributed by atoms with Crippen molar-refractivity contribution in [3.05, 3.63) is 45.9 Å². The standard InChI is InChI=1S/C19H20N4O5S/c24-16(21-12-2-3-12)6-13-7-17(25)23-19(22-13)29-9-18(26)20-8-11-1-4-14-15(5-11)28-10-27-14/h1,4-5,7,12H,2-3,6,8-10H2,(H,20,26)(H,21,24)(H,22,23,25). The monoisotopic (exact) mass is 416 g/mol. The van der Waals surface area contributed by atoms with Crippen molar-refractivity contribution in [2.24, 2.45) is 0 Å². The summed E-state index contributed by atoms with van der Waals surface area (Å²) >= 11 is 1.11. The predicted molar refractivity (Wildman–Crippen MR) is 105 cm³/mol. The summed E-state index contributed by atoms with van der Waals surface area (Å²) in [5.41, 5.74) is 0.926. The summed E-state index contributed by atoms with van der Waals surface area (Å²) < 4.78 is 10.6. The highest BCUT2D eigenvalue weighted by Gasteiger charge is 2.23. The van der Waals surface area contributed by atoms with Crippen LogP contribution in [0, 0.1) is 0 Å². The number of thioether (sulfide) groups is 1. The molecule has 0 unspecified atom stereocenters. The Morgan fingerprint density at radius 3 is 2.83 bits per heavy atom. The van der Waals surface area contributed by atoms with Gasteiger partial charge in [-0.05, 0) is 30.5 Å². The van der Waals surface area contributed by atoms with Crippen LogP contribution in [0.15, 0.2) is 34.2 Å². The summed E-state index contributed by atoms with van der Waals surface area (Å²) in [5.74, 6) is 1.09. The third kappa shape index (κ3) is 5.50. The normalized spacial score (nSPS) is 14.5. The minimum absolute atomic E-state index is 0.0459. The zero-order valence-corrected chi connectivity index (χ0v) is 16.3. The van der Waals surface area contributed by atoms with Crippen molar-refractivity contribution in [1.82, 2.24) is 20.6 Å². The summed E-state index contributed by atoms with van der Waals surface area (Å²) in [5, 5.41) is 5.98. The van der Waals surface area contributed by atoms with Crippen molar-refractivity contribution in [3.8, 4) is 11.5 Å². The van der Waals surface area contributed by atoms with Gasteiger partial charge in [-0.2, -0.15) is 0 Å². The molecule has 29 heavy (non-hydrogen) atoms. The van der Waals surface area contributed by atoms with E-state index in [1.807, 2.05) is 12.1 Å². The maximum Gasteiger partial charge on any atom is 0.251 e. The molecule has 4 rings (SSSR count). The molecule has 2 heterocycles. The SMILES string of the molecule is O=C(CSc1nc(CC(=O)NC2CC2)cc(=O)[nH]1)NCc1ccc2c(c1)OCO2. The number of hydrogen-bond acceptors (Lipinski definition) is 7. The Kier molecular flexibility index (Phi) is 5.70. The molecule has 9 nitrogen and oxygen atoms in total. The first-order valence-corrected chi connectivity index (χ1v) is 10.2. The number of rotatable bonds is 8. The highest BCUT2D eigenvalue weighted by Crippen LogP contribution is 2.32. The topological polar surface area (TPSA) is 122 Å². The number of ether oxygens (including phenoxy) is 2. The van der Waals surface area contributed by atoms with Gasteiger partial charge < -0.3 is 25.1 Å². The minimum Gasteiger partial charge on any atom is -0.454 e. The van der Waals surface area contributed by atoms with Crippen molar-refractivity contribution in [3.63, 3.8) is 0 Å². The summed E-state index contributed by atoms with van der Waals surface area (Å²) in [6.45, 7) is 0.551. The van der Waals surface area contributed by atoms with E-state index in [0.29, 0.717) is 28.9 Å². The van der Waals surface area contributed by atoms with E-state index in [1.165, 1.54) is 6.07 Å². The molecule has 10 heteroatoms. The van der Waals surface area contributed by atoms with Gasteiger partial charge in [0.2, 0.25) is 18.6 Å². The number of aromatic nitrogens is 2. The van der Waals surface area contributed by atoms with Gasteiger partial charge in [0, 0.05) is 18.7 Å². The Morgan fingerprint density at radius 2 is 2.00 bits per heavy atom. The van der Waals surface area contributed by atoms with E-state index in [0.717, 1.165) is 30.2 Å². The van der Waals surface area contributed by atoms with Crippen molar-refractivity contribution in [1.29, 1.82) is 0 Å². The summed E-state index contributed by atoms with van der Waals surface area (Å²) in [7, 11) is 0. The number of nitrogens with one attached hydrogen (secondary N) is 3. The molecule has 1 aromatic heterocycles. The van der Waals surface area contributed by atoms with Crippen LogP contribution in [-0.4, -0.2) is 40.4 Å². The number of carbonyl (C=O) groups excluding carboxylic acids is 2. The van der Waals surface area contributed by atoms with Crippen LogP contribution < -0.4 is 25.7 Å². The van der Waals surface area contributed by atoms with E-state index in [1.54, 1.807) is 6.07 Å². The third-order valence-electron chi connectivity index (χ3n) is 4.32. The smallest absolute Gasteiger partial charge is 0.251 e. The fraction of sp³-hybridized carbons (Fsp3) is 0.368. The Balaban J connectivity index is 1.27. The lowest BCUT2D eigenvalue weighted by atomic mass is 10.2. The predicted octanol–water partition coefficient (Wildman–Crippen LogP) is 0.728. The van der Waals surface area contributed by atoms with Gasteiger partial charge in [-0.3, -0.25) is 14.4 Å². The van der Waals surface area contributed by atoms with Gasteiger partial charge in [0.25, 0.3) is 5.56 Å². The molecule has 0 bridgehead atoms. The molecule has 0 atom stereocenters. The first kappa shape index (κ1) is 19.3. The van der Waals surface area contributed by atoms with Crippen LogP contribution in [0.3, 0.4) is 0 Å². The van der Waals surface area contributed by atoms with E-state index in [2.05, 4.69) is 20.6 Å². The number of H-pyrrole nitrogens is 1. The number of benzene rings is 1. The second kappa shape index (κ2) is 8.56. The molecule has 152 valence electrons. The Hall–Kier alpha value is -3.01. The Bertz CT molecular complexity index is 989. The highest BCUT2D eigenvalue weighted by atomic mass is 32.2. The van der Waals surface area contributed by atoms with Crippen molar-refractivity contribution in [2.75, 3.05) is 12.5 Å². The minimum atomic E-state index is -0.350. The maximum atomic E-state index is 12.1. The van der Waals surface area contributed by atoms with Crippen LogP contribution >= 0.6 is 11.8 Å². The molecule has 0 radical (unpaired) electrons. The average molecular weight is 416 g/mol. The van der Waals surface area contributed by atoms with Crippen LogP contribution in [-0.2, 0) is 22.6 Å². The number of fused-ring (bicyclic) bond motifs is 1. The van der Waals surface area contributed by atoms with Gasteiger partial charge in [-0.25, -0.2) is 4.98 Å². The molecule has 3 N–H and O–H groups in total. The molecule has 0 spiro atoms. The second-order valence-electron chi connectivity index (χ2n) is 6.81. The Morgan fingerprint density at radius 1 is 1.17 bits per heavy atom. The first-order chi connectivity index (χ1) is 14.0. The lowest BCUT2D eigenvalue weighted by molar-refractivity contribution is -0.121. The summed E-state index contributed by atoms with van der Waals surface area (Å²) in [6, 6.07) is 7.04. The van der Waals surface area contributed by atoms with Gasteiger partial charge in [-0.15, -0.1) is 0 Å². The van der Waals surface area contributed by atoms with Crippen LogP contribution in [0.4, 0.5) is 0 Å². The fourth-order valence-electron chi connectivity index (χ4n) is 2.75. The van der Waals surface area contributed by atoms with E-state index < -0.39 is 0 Å². The molecular weight excluding hydrogens is 396 g/mol. The Labute approximate surface area is 170 Å². The lowest BCUT2D eigenvalue weighted by Gasteiger charge is -2.07. The van der Waals surface area contributed by atoms with Crippen LogP contribution in [0.25, 0.3) is 0 Å². The molecule has 2 aromatic rings. The number of aromatic amines is 1. The largest absolute Gasteiger partial charge is 0.454 e. The number of nitrogens with zero attached hydrogens (tertiary/aromatic N) is 1. The zero-order valence-electron chi connectivity index (χ0n) is 15.5. The van der Waals surface area contributed by atoms with Gasteiger partial charge in [0.1, 0.15) is 0 Å². The number of hydrogen-bond donors (Lipinski definition) is 3. The number of carbonyl (C=O) groups is 2. The van der Waals surface area contributed by atoms with E-state index in [-0.39, 0.29) is 42.4 Å². The first-order valence-electron chi connectivity index (χ1n) is 9.23. The van der Waals surface area contributed by atoms with Crippen molar-refractivity contribution < 1.29 is 19.1 Å². The van der Waals surface area contributed by atoms with Crippen LogP contribution in [0.2, 0.25) is 0 Å². The third-order valence-corrected chi connectivity index (χ3v) is 5.20. The maximum absolute atomic E-state index is 12.1. The quantitative estimate of drug-likeness (QED) is 0.428. The van der Waals surface area contributed by atoms with Gasteiger partial charge >= 0.3 is 0 Å². The molecule has 1 aromatic carbocycles. The lowest BCUT2D eigenvalue weighted by Crippen LogP contribution is -2.28. The fourth-order valence-corrected chi connectivity index (χ4v) is 3.47. The van der Waals surface area contributed by atoms with Gasteiger partial charge in [-0.1, -0.05) is 17.8 Å². The van der Waals surface area contributed by atoms with Crippen LogP contribution in [0.5, 0.6) is 11.5 Å². The molecule has 0 saturated heterocycles. The van der Waals surface area contributed by atoms with Gasteiger partial charge in [0.05, 0.1) is 17.9 Å². The summed E-state index contributed by atoms with van der Waals surface area (Å²) in [6.07, 6.45) is 2.04. The van der Waals surface area contributed by atoms with E-state index in [4.69, 9.17) is 9.47 Å². The molecule has 1 saturated carbocycles. The average Bonchev–Trinajstić information content (AvgIpc) is 3.37. The van der Waals surface area contributed by atoms with Crippen molar-refractivity contribution in [2.45, 2.75) is 37.0 Å². The van der Waals surface area contributed by atoms with Crippen LogP contribution in [0.1, 0.15) is 24.1 Å². The molecule has 1 fully saturated rings. The molecular formula is C19H20N4O5S.